The molecular weight excluding hydrogens is 534 g/mol. The summed E-state index contributed by atoms with van der Waals surface area (Å²) in [5.41, 5.74) is 2.28. The Kier molecular flexibility index (Phi) is 6.78. The van der Waals surface area contributed by atoms with Crippen LogP contribution in [0.25, 0.3) is 33.5 Å². The van der Waals surface area contributed by atoms with Gasteiger partial charge in [0.1, 0.15) is 16.9 Å². The summed E-state index contributed by atoms with van der Waals surface area (Å²) >= 11 is 0. The summed E-state index contributed by atoms with van der Waals surface area (Å²) in [7, 11) is -3.39. The Morgan fingerprint density at radius 1 is 1.10 bits per heavy atom. The fourth-order valence-corrected chi connectivity index (χ4v) is 5.57. The number of anilines is 2. The molecule has 5 rings (SSSR count). The number of hydrogen-bond donors (Lipinski definition) is 2. The maximum Gasteiger partial charge on any atom is 0.222 e. The van der Waals surface area contributed by atoms with Crippen molar-refractivity contribution in [1.82, 2.24) is 29.0 Å². The van der Waals surface area contributed by atoms with Crippen LogP contribution in [0, 0.1) is 11.3 Å². The van der Waals surface area contributed by atoms with Gasteiger partial charge < -0.3 is 10.6 Å². The van der Waals surface area contributed by atoms with Crippen LogP contribution in [-0.4, -0.2) is 68.6 Å². The summed E-state index contributed by atoms with van der Waals surface area (Å²) < 4.78 is 26.9. The third-order valence-corrected chi connectivity index (χ3v) is 7.72. The molecule has 1 aliphatic heterocycles. The van der Waals surface area contributed by atoms with E-state index in [9.17, 15) is 23.3 Å². The molecule has 1 saturated heterocycles. The van der Waals surface area contributed by atoms with E-state index in [1.165, 1.54) is 24.3 Å². The van der Waals surface area contributed by atoms with E-state index < -0.39 is 15.6 Å². The third-order valence-electron chi connectivity index (χ3n) is 6.52. The lowest BCUT2D eigenvalue weighted by atomic mass is 9.89. The van der Waals surface area contributed by atoms with Gasteiger partial charge in [0.05, 0.1) is 35.6 Å². The maximum atomic E-state index is 12.0. The number of nitrogens with one attached hydrogen (secondary N) is 2. The summed E-state index contributed by atoms with van der Waals surface area (Å²) in [4.78, 5) is 37.1. The van der Waals surface area contributed by atoms with Crippen molar-refractivity contribution in [2.45, 2.75) is 25.8 Å². The molecule has 0 radical (unpaired) electrons. The molecule has 204 valence electrons. The van der Waals surface area contributed by atoms with E-state index >= 15 is 0 Å². The number of hydrogen-bond acceptors (Lipinski definition) is 9. The summed E-state index contributed by atoms with van der Waals surface area (Å²) in [5.74, 6) is -0.463. The van der Waals surface area contributed by atoms with Crippen molar-refractivity contribution >= 4 is 44.2 Å². The molecule has 0 unspecified atom stereocenters. The van der Waals surface area contributed by atoms with Gasteiger partial charge in [0.2, 0.25) is 21.8 Å². The highest BCUT2D eigenvalue weighted by molar-refractivity contribution is 7.88. The van der Waals surface area contributed by atoms with E-state index in [1.54, 1.807) is 41.3 Å². The van der Waals surface area contributed by atoms with Crippen LogP contribution in [0.1, 0.15) is 20.3 Å². The van der Waals surface area contributed by atoms with E-state index in [2.05, 4.69) is 26.7 Å². The molecule has 14 heteroatoms. The van der Waals surface area contributed by atoms with Crippen molar-refractivity contribution in [2.24, 2.45) is 0 Å². The summed E-state index contributed by atoms with van der Waals surface area (Å²) in [6, 6.07) is 11.0. The first-order valence-corrected chi connectivity index (χ1v) is 14.0. The molecule has 2 N–H and O–H groups in total. The highest BCUT2D eigenvalue weighted by atomic mass is 32.2. The second kappa shape index (κ2) is 10.1. The van der Waals surface area contributed by atoms with Gasteiger partial charge in [0, 0.05) is 56.5 Å². The minimum Gasteiger partial charge on any atom is -0.323 e. The molecule has 13 nitrogen and oxygen atoms in total. The Morgan fingerprint density at radius 3 is 2.52 bits per heavy atom. The van der Waals surface area contributed by atoms with Crippen LogP contribution < -0.4 is 10.6 Å². The molecule has 0 spiro atoms. The van der Waals surface area contributed by atoms with Gasteiger partial charge in [-0.05, 0) is 30.3 Å². The average molecular weight is 560 g/mol. The molecular formula is C26H25N9O4S. The van der Waals surface area contributed by atoms with E-state index in [4.69, 9.17) is 10.1 Å². The molecule has 0 atom stereocenters. The number of sulfonamides is 1. The zero-order valence-electron chi connectivity index (χ0n) is 21.9. The van der Waals surface area contributed by atoms with Gasteiger partial charge in [-0.25, -0.2) is 18.4 Å². The smallest absolute Gasteiger partial charge is 0.222 e. The first-order chi connectivity index (χ1) is 19.0. The molecule has 0 bridgehead atoms. The second-order valence-electron chi connectivity index (χ2n) is 9.64. The van der Waals surface area contributed by atoms with Gasteiger partial charge in [-0.2, -0.15) is 14.7 Å². The number of amides is 2. The molecule has 4 aromatic rings. The zero-order chi connectivity index (χ0) is 28.7. The van der Waals surface area contributed by atoms with Crippen LogP contribution >= 0.6 is 0 Å². The van der Waals surface area contributed by atoms with Crippen LogP contribution in [0.2, 0.25) is 0 Å². The quantitative estimate of drug-likeness (QED) is 0.344. The SMILES string of the molecule is CC(=O)Nc1cc(-c2cc3ncccc3c(-c3ccn(C4(CC#N)CN(S(C)(=O)=O)C4)n3)n2)cnc1NC(C)=O. The van der Waals surface area contributed by atoms with E-state index in [0.29, 0.717) is 33.8 Å². The van der Waals surface area contributed by atoms with E-state index in [0.717, 1.165) is 11.6 Å². The number of rotatable bonds is 7. The average Bonchev–Trinajstić information content (AvgIpc) is 3.35. The monoisotopic (exact) mass is 559 g/mol. The van der Waals surface area contributed by atoms with Gasteiger partial charge in [-0.15, -0.1) is 0 Å². The van der Waals surface area contributed by atoms with Crippen LogP contribution in [0.4, 0.5) is 11.5 Å². The number of fused-ring (bicyclic) bond motifs is 1. The van der Waals surface area contributed by atoms with Crippen molar-refractivity contribution in [3.63, 3.8) is 0 Å². The van der Waals surface area contributed by atoms with Gasteiger partial charge >= 0.3 is 0 Å². The van der Waals surface area contributed by atoms with Crippen LogP contribution in [-0.2, 0) is 25.2 Å². The molecule has 1 fully saturated rings. The van der Waals surface area contributed by atoms with Gasteiger partial charge in [-0.1, -0.05) is 0 Å². The number of carbonyl (C=O) groups excluding carboxylic acids is 2. The molecule has 40 heavy (non-hydrogen) atoms. The largest absolute Gasteiger partial charge is 0.323 e. The lowest BCUT2D eigenvalue weighted by Crippen LogP contribution is -2.63. The summed E-state index contributed by atoms with van der Waals surface area (Å²) in [6.07, 6.45) is 6.15. The van der Waals surface area contributed by atoms with Crippen LogP contribution in [0.3, 0.4) is 0 Å². The normalized spacial score (nSPS) is 14.8. The third kappa shape index (κ3) is 5.12. The zero-order valence-corrected chi connectivity index (χ0v) is 22.7. The second-order valence-corrected chi connectivity index (χ2v) is 11.6. The lowest BCUT2D eigenvalue weighted by Gasteiger charge is -2.47. The van der Waals surface area contributed by atoms with Crippen molar-refractivity contribution in [3.05, 3.63) is 48.9 Å². The van der Waals surface area contributed by atoms with Crippen LogP contribution in [0.15, 0.2) is 48.9 Å². The highest BCUT2D eigenvalue weighted by Crippen LogP contribution is 2.36. The molecule has 1 aliphatic rings. The van der Waals surface area contributed by atoms with Gasteiger partial charge in [0.15, 0.2) is 5.82 Å². The summed E-state index contributed by atoms with van der Waals surface area (Å²) in [5, 5.41) is 20.2. The first-order valence-electron chi connectivity index (χ1n) is 12.2. The Labute approximate surface area is 229 Å². The fourth-order valence-electron chi connectivity index (χ4n) is 4.62. The minimum absolute atomic E-state index is 0.0914. The highest BCUT2D eigenvalue weighted by Gasteiger charge is 2.49. The molecule has 0 aliphatic carbocycles. The number of carbonyl (C=O) groups is 2. The number of aromatic nitrogens is 5. The predicted molar refractivity (Wildman–Crippen MR) is 147 cm³/mol. The number of nitriles is 1. The Balaban J connectivity index is 1.59. The van der Waals surface area contributed by atoms with Crippen molar-refractivity contribution in [3.8, 4) is 28.7 Å². The van der Waals surface area contributed by atoms with Crippen molar-refractivity contribution in [1.29, 1.82) is 5.26 Å². The number of pyridine rings is 3. The molecule has 2 amide bonds. The van der Waals surface area contributed by atoms with Crippen molar-refractivity contribution < 1.29 is 18.0 Å². The molecule has 5 heterocycles. The summed E-state index contributed by atoms with van der Waals surface area (Å²) in [6.45, 7) is 2.99. The minimum atomic E-state index is -3.39. The van der Waals surface area contributed by atoms with Crippen molar-refractivity contribution in [2.75, 3.05) is 30.0 Å². The predicted octanol–water partition coefficient (Wildman–Crippen LogP) is 2.36. The van der Waals surface area contributed by atoms with Gasteiger partial charge in [0.25, 0.3) is 0 Å². The number of nitrogens with zero attached hydrogens (tertiary/aromatic N) is 7. The van der Waals surface area contributed by atoms with Crippen LogP contribution in [0.5, 0.6) is 0 Å². The topological polar surface area (TPSA) is 176 Å². The maximum absolute atomic E-state index is 12.0. The molecule has 0 aromatic carbocycles. The van der Waals surface area contributed by atoms with E-state index in [-0.39, 0.29) is 37.1 Å². The Morgan fingerprint density at radius 2 is 1.85 bits per heavy atom. The fraction of sp³-hybridized carbons (Fsp3) is 0.269. The lowest BCUT2D eigenvalue weighted by molar-refractivity contribution is -0.115. The molecule has 4 aromatic heterocycles. The Bertz CT molecular complexity index is 1800. The standard InChI is InChI=1S/C26H25N9O4S/c1-16(36)30-23-11-18(13-29-25(23)31-17(2)37)21-12-22-19(5-4-9-28-22)24(32-21)20-6-10-35(33-20)26(7-8-27)14-34(15-26)40(3,38)39/h4-6,9-13H,7,14-15H2,1-3H3,(H,30,36)(H,29,31,37). The van der Waals surface area contributed by atoms with E-state index in [1.807, 2.05) is 6.07 Å². The molecule has 0 saturated carbocycles. The Hall–Kier alpha value is -4.74. The first kappa shape index (κ1) is 26.9. The van der Waals surface area contributed by atoms with Gasteiger partial charge in [-0.3, -0.25) is 19.3 Å².